The highest BCUT2D eigenvalue weighted by molar-refractivity contribution is 7.99. The molecule has 1 atom stereocenters. The van der Waals surface area contributed by atoms with Gasteiger partial charge in [-0.05, 0) is 36.4 Å². The Labute approximate surface area is 127 Å². The third kappa shape index (κ3) is 4.12. The van der Waals surface area contributed by atoms with Crippen LogP contribution in [0.5, 0.6) is 11.5 Å². The van der Waals surface area contributed by atoms with Crippen molar-refractivity contribution in [3.8, 4) is 11.5 Å². The van der Waals surface area contributed by atoms with Crippen molar-refractivity contribution in [2.45, 2.75) is 11.0 Å². The minimum absolute atomic E-state index is 0.267. The van der Waals surface area contributed by atoms with Crippen molar-refractivity contribution in [3.63, 3.8) is 0 Å². The van der Waals surface area contributed by atoms with Gasteiger partial charge < -0.3 is 14.6 Å². The maximum Gasteiger partial charge on any atom is 0.128 e. The first-order valence-electron chi connectivity index (χ1n) is 6.42. The van der Waals surface area contributed by atoms with E-state index >= 15 is 0 Å². The summed E-state index contributed by atoms with van der Waals surface area (Å²) < 4.78 is 23.2. The number of hydrogen-bond acceptors (Lipinski definition) is 4. The molecule has 0 amide bonds. The van der Waals surface area contributed by atoms with Crippen molar-refractivity contribution in [1.29, 1.82) is 0 Å². The van der Waals surface area contributed by atoms with Crippen LogP contribution >= 0.6 is 11.8 Å². The molecular formula is C16H17FO3S. The molecule has 0 radical (unpaired) electrons. The average Bonchev–Trinajstić information content (AvgIpc) is 2.53. The largest absolute Gasteiger partial charge is 0.497 e. The molecule has 2 aromatic rings. The predicted molar refractivity (Wildman–Crippen MR) is 81.6 cm³/mol. The standard InChI is InChI=1S/C16H17FO3S/c1-19-12-5-8-14(16(9-12)20-2)15(18)10-21-13-6-3-11(17)4-7-13/h3-9,15,18H,10H2,1-2H3. The van der Waals surface area contributed by atoms with Gasteiger partial charge in [0.05, 0.1) is 20.3 Å². The van der Waals surface area contributed by atoms with E-state index in [1.165, 1.54) is 23.9 Å². The molecule has 1 N–H and O–H groups in total. The molecule has 0 heterocycles. The summed E-state index contributed by atoms with van der Waals surface area (Å²) in [5, 5.41) is 10.3. The SMILES string of the molecule is COc1ccc(C(O)CSc2ccc(F)cc2)c(OC)c1. The topological polar surface area (TPSA) is 38.7 Å². The fraction of sp³-hybridized carbons (Fsp3) is 0.250. The summed E-state index contributed by atoms with van der Waals surface area (Å²) in [5.74, 6) is 1.45. The van der Waals surface area contributed by atoms with Crippen LogP contribution in [0.15, 0.2) is 47.4 Å². The second-order valence-electron chi connectivity index (χ2n) is 4.39. The number of hydrogen-bond donors (Lipinski definition) is 1. The normalized spacial score (nSPS) is 12.0. The van der Waals surface area contributed by atoms with Gasteiger partial charge in [-0.25, -0.2) is 4.39 Å². The first-order valence-corrected chi connectivity index (χ1v) is 7.41. The van der Waals surface area contributed by atoms with Crippen molar-refractivity contribution >= 4 is 11.8 Å². The first kappa shape index (κ1) is 15.7. The molecule has 0 aromatic heterocycles. The first-order chi connectivity index (χ1) is 10.1. The molecule has 21 heavy (non-hydrogen) atoms. The molecule has 2 aromatic carbocycles. The lowest BCUT2D eigenvalue weighted by Gasteiger charge is -2.15. The van der Waals surface area contributed by atoms with E-state index in [1.54, 1.807) is 44.6 Å². The summed E-state index contributed by atoms with van der Waals surface area (Å²) in [6.07, 6.45) is -0.680. The second kappa shape index (κ2) is 7.33. The van der Waals surface area contributed by atoms with Gasteiger partial charge in [-0.1, -0.05) is 0 Å². The van der Waals surface area contributed by atoms with Crippen LogP contribution in [0.3, 0.4) is 0 Å². The summed E-state index contributed by atoms with van der Waals surface area (Å²) in [5.41, 5.74) is 0.702. The Morgan fingerprint density at radius 3 is 2.43 bits per heavy atom. The summed E-state index contributed by atoms with van der Waals surface area (Å²) >= 11 is 1.46. The number of ether oxygens (including phenoxy) is 2. The lowest BCUT2D eigenvalue weighted by molar-refractivity contribution is 0.199. The van der Waals surface area contributed by atoms with Crippen molar-refractivity contribution < 1.29 is 19.0 Å². The lowest BCUT2D eigenvalue weighted by Crippen LogP contribution is -2.03. The van der Waals surface area contributed by atoms with E-state index in [9.17, 15) is 9.50 Å². The van der Waals surface area contributed by atoms with Gasteiger partial charge in [0.2, 0.25) is 0 Å². The van der Waals surface area contributed by atoms with E-state index < -0.39 is 6.10 Å². The van der Waals surface area contributed by atoms with Crippen LogP contribution in [0.1, 0.15) is 11.7 Å². The van der Waals surface area contributed by atoms with E-state index in [1.807, 2.05) is 0 Å². The van der Waals surface area contributed by atoms with Gasteiger partial charge in [0.15, 0.2) is 0 Å². The van der Waals surface area contributed by atoms with Gasteiger partial charge in [-0.2, -0.15) is 0 Å². The average molecular weight is 308 g/mol. The zero-order valence-electron chi connectivity index (χ0n) is 11.9. The molecule has 0 saturated carbocycles. The quantitative estimate of drug-likeness (QED) is 0.827. The molecule has 0 fully saturated rings. The molecule has 5 heteroatoms. The molecular weight excluding hydrogens is 291 g/mol. The maximum atomic E-state index is 12.8. The number of methoxy groups -OCH3 is 2. The molecule has 112 valence electrons. The Kier molecular flexibility index (Phi) is 5.47. The lowest BCUT2D eigenvalue weighted by atomic mass is 10.1. The van der Waals surface area contributed by atoms with Crippen LogP contribution in [-0.2, 0) is 0 Å². The van der Waals surface area contributed by atoms with Gasteiger partial charge in [0.25, 0.3) is 0 Å². The van der Waals surface area contributed by atoms with E-state index in [2.05, 4.69) is 0 Å². The van der Waals surface area contributed by atoms with Gasteiger partial charge in [0.1, 0.15) is 17.3 Å². The molecule has 0 aliphatic heterocycles. The smallest absolute Gasteiger partial charge is 0.128 e. The number of halogens is 1. The van der Waals surface area contributed by atoms with Gasteiger partial charge in [0, 0.05) is 22.3 Å². The fourth-order valence-corrected chi connectivity index (χ4v) is 2.75. The van der Waals surface area contributed by atoms with Crippen molar-refractivity contribution in [3.05, 3.63) is 53.8 Å². The van der Waals surface area contributed by atoms with Crippen LogP contribution in [-0.4, -0.2) is 25.1 Å². The van der Waals surface area contributed by atoms with Crippen LogP contribution in [0.25, 0.3) is 0 Å². The molecule has 2 rings (SSSR count). The fourth-order valence-electron chi connectivity index (χ4n) is 1.89. The van der Waals surface area contributed by atoms with Crippen molar-refractivity contribution in [2.24, 2.45) is 0 Å². The minimum Gasteiger partial charge on any atom is -0.497 e. The van der Waals surface area contributed by atoms with Crippen molar-refractivity contribution in [1.82, 2.24) is 0 Å². The summed E-state index contributed by atoms with van der Waals surface area (Å²) in [7, 11) is 3.13. The molecule has 1 unspecified atom stereocenters. The number of aliphatic hydroxyl groups is 1. The molecule has 0 bridgehead atoms. The highest BCUT2D eigenvalue weighted by Gasteiger charge is 2.14. The Morgan fingerprint density at radius 2 is 1.81 bits per heavy atom. The van der Waals surface area contributed by atoms with E-state index in [0.29, 0.717) is 22.8 Å². The minimum atomic E-state index is -0.680. The Hall–Kier alpha value is -1.72. The van der Waals surface area contributed by atoms with Gasteiger partial charge >= 0.3 is 0 Å². The highest BCUT2D eigenvalue weighted by atomic mass is 32.2. The van der Waals surface area contributed by atoms with Gasteiger partial charge in [-0.3, -0.25) is 0 Å². The number of thioether (sulfide) groups is 1. The summed E-state index contributed by atoms with van der Waals surface area (Å²) in [6.45, 7) is 0. The summed E-state index contributed by atoms with van der Waals surface area (Å²) in [4.78, 5) is 0.905. The Balaban J connectivity index is 2.05. The maximum absolute atomic E-state index is 12.8. The molecule has 3 nitrogen and oxygen atoms in total. The Bertz CT molecular complexity index is 587. The third-order valence-corrected chi connectivity index (χ3v) is 4.11. The summed E-state index contributed by atoms with van der Waals surface area (Å²) in [6, 6.07) is 11.5. The number of benzene rings is 2. The predicted octanol–water partition coefficient (Wildman–Crippen LogP) is 3.67. The second-order valence-corrected chi connectivity index (χ2v) is 5.48. The molecule has 0 saturated heterocycles. The van der Waals surface area contributed by atoms with E-state index in [0.717, 1.165) is 4.90 Å². The molecule has 0 spiro atoms. The monoisotopic (exact) mass is 308 g/mol. The zero-order valence-corrected chi connectivity index (χ0v) is 12.7. The van der Waals surface area contributed by atoms with Crippen molar-refractivity contribution in [2.75, 3.05) is 20.0 Å². The highest BCUT2D eigenvalue weighted by Crippen LogP contribution is 2.32. The zero-order chi connectivity index (χ0) is 15.2. The van der Waals surface area contributed by atoms with E-state index in [-0.39, 0.29) is 5.82 Å². The van der Waals surface area contributed by atoms with Crippen LogP contribution in [0.2, 0.25) is 0 Å². The van der Waals surface area contributed by atoms with Crippen LogP contribution in [0, 0.1) is 5.82 Å². The number of aliphatic hydroxyl groups excluding tert-OH is 1. The molecule has 0 aliphatic carbocycles. The number of rotatable bonds is 6. The van der Waals surface area contributed by atoms with Crippen LogP contribution < -0.4 is 9.47 Å². The van der Waals surface area contributed by atoms with Crippen LogP contribution in [0.4, 0.5) is 4.39 Å². The Morgan fingerprint density at radius 1 is 1.10 bits per heavy atom. The van der Waals surface area contributed by atoms with Gasteiger partial charge in [-0.15, -0.1) is 11.8 Å². The third-order valence-electron chi connectivity index (χ3n) is 3.02. The molecule has 0 aliphatic rings. The van der Waals surface area contributed by atoms with E-state index in [4.69, 9.17) is 9.47 Å².